The summed E-state index contributed by atoms with van der Waals surface area (Å²) in [6, 6.07) is 12.8. The Bertz CT molecular complexity index is 1300. The topological polar surface area (TPSA) is 125 Å². The first-order valence-electron chi connectivity index (χ1n) is 9.48. The number of rotatable bonds is 8. The van der Waals surface area contributed by atoms with Crippen LogP contribution in [0.4, 0.5) is 16.0 Å². The second-order valence-corrected chi connectivity index (χ2v) is 7.18. The van der Waals surface area contributed by atoms with E-state index in [2.05, 4.69) is 15.4 Å². The van der Waals surface area contributed by atoms with Crippen LogP contribution in [0.5, 0.6) is 5.75 Å². The van der Waals surface area contributed by atoms with Crippen molar-refractivity contribution in [3.05, 3.63) is 99.0 Å². The van der Waals surface area contributed by atoms with Crippen LogP contribution in [0.2, 0.25) is 5.02 Å². The number of nitrogens with one attached hydrogen (secondary N) is 1. The Morgan fingerprint density at radius 3 is 2.73 bits per heavy atom. The predicted octanol–water partition coefficient (Wildman–Crippen LogP) is 4.45. The van der Waals surface area contributed by atoms with Crippen LogP contribution >= 0.6 is 11.6 Å². The highest BCUT2D eigenvalue weighted by atomic mass is 35.5. The predicted molar refractivity (Wildman–Crippen MR) is 115 cm³/mol. The van der Waals surface area contributed by atoms with Crippen molar-refractivity contribution in [1.82, 2.24) is 14.8 Å². The lowest BCUT2D eigenvalue weighted by Gasteiger charge is -2.06. The van der Waals surface area contributed by atoms with E-state index in [0.29, 0.717) is 12.3 Å². The average molecular weight is 472 g/mol. The standard InChI is InChI=1S/C21H15ClFN5O5/c22-17-9-15(28(30)31)5-7-18(17)32-11-16-6-8-19(33-16)20(29)25-21-24-12-27(26-21)10-13-1-3-14(23)4-2-13/h1-9,12H,10-11H2,(H,25,26,29). The van der Waals surface area contributed by atoms with Crippen molar-refractivity contribution in [1.29, 1.82) is 0 Å². The van der Waals surface area contributed by atoms with Gasteiger partial charge in [-0.3, -0.25) is 20.2 Å². The molecule has 0 fully saturated rings. The van der Waals surface area contributed by atoms with Crippen molar-refractivity contribution in [3.8, 4) is 5.75 Å². The summed E-state index contributed by atoms with van der Waals surface area (Å²) >= 11 is 5.99. The number of hydrogen-bond donors (Lipinski definition) is 1. The number of nitro benzene ring substituents is 1. The molecule has 2 heterocycles. The monoisotopic (exact) mass is 471 g/mol. The molecular formula is C21H15ClFN5O5. The Hall–Kier alpha value is -4.25. The fourth-order valence-electron chi connectivity index (χ4n) is 2.81. The van der Waals surface area contributed by atoms with Crippen LogP contribution in [-0.4, -0.2) is 25.6 Å². The fourth-order valence-corrected chi connectivity index (χ4v) is 3.04. The number of aromatic nitrogens is 3. The Kier molecular flexibility index (Phi) is 6.31. The minimum atomic E-state index is -0.562. The van der Waals surface area contributed by atoms with Crippen molar-refractivity contribution < 1.29 is 23.3 Å². The third-order valence-corrected chi connectivity index (χ3v) is 4.70. The number of hydrogen-bond acceptors (Lipinski definition) is 7. The van der Waals surface area contributed by atoms with E-state index in [-0.39, 0.29) is 40.6 Å². The Balaban J connectivity index is 1.33. The van der Waals surface area contributed by atoms with Gasteiger partial charge in [0.1, 0.15) is 30.3 Å². The number of amides is 1. The van der Waals surface area contributed by atoms with E-state index in [9.17, 15) is 19.3 Å². The van der Waals surface area contributed by atoms with Gasteiger partial charge in [-0.25, -0.2) is 14.1 Å². The molecule has 0 aliphatic heterocycles. The molecule has 2 aromatic carbocycles. The average Bonchev–Trinajstić information content (AvgIpc) is 3.44. The summed E-state index contributed by atoms with van der Waals surface area (Å²) in [5, 5.41) is 17.5. The van der Waals surface area contributed by atoms with Crippen molar-refractivity contribution in [3.63, 3.8) is 0 Å². The van der Waals surface area contributed by atoms with Crippen LogP contribution in [-0.2, 0) is 13.2 Å². The highest BCUT2D eigenvalue weighted by Crippen LogP contribution is 2.29. The Labute approximate surface area is 190 Å². The zero-order chi connectivity index (χ0) is 23.4. The van der Waals surface area contributed by atoms with Gasteiger partial charge in [0.15, 0.2) is 5.76 Å². The number of halogens is 2. The molecule has 1 N–H and O–H groups in total. The van der Waals surface area contributed by atoms with E-state index in [4.69, 9.17) is 20.8 Å². The zero-order valence-corrected chi connectivity index (χ0v) is 17.5. The molecule has 0 saturated heterocycles. The molecule has 0 bridgehead atoms. The largest absolute Gasteiger partial charge is 0.484 e. The van der Waals surface area contributed by atoms with Crippen LogP contribution < -0.4 is 10.1 Å². The van der Waals surface area contributed by atoms with Crippen molar-refractivity contribution >= 4 is 29.1 Å². The number of furan rings is 1. The van der Waals surface area contributed by atoms with Crippen LogP contribution in [0, 0.1) is 15.9 Å². The SMILES string of the molecule is O=C(Nc1ncn(Cc2ccc(F)cc2)n1)c1ccc(COc2ccc([N+](=O)[O-])cc2Cl)o1. The van der Waals surface area contributed by atoms with Gasteiger partial charge in [0.25, 0.3) is 11.6 Å². The van der Waals surface area contributed by atoms with Gasteiger partial charge in [-0.1, -0.05) is 23.7 Å². The molecule has 1 amide bonds. The number of nitrogens with zero attached hydrogens (tertiary/aromatic N) is 4. The van der Waals surface area contributed by atoms with Gasteiger partial charge in [0, 0.05) is 12.1 Å². The first-order chi connectivity index (χ1) is 15.9. The number of non-ortho nitro benzene ring substituents is 1. The van der Waals surface area contributed by atoms with Gasteiger partial charge in [0.2, 0.25) is 5.95 Å². The lowest BCUT2D eigenvalue weighted by Crippen LogP contribution is -2.12. The minimum absolute atomic E-state index is 0.0123. The Morgan fingerprint density at radius 1 is 1.21 bits per heavy atom. The van der Waals surface area contributed by atoms with Gasteiger partial charge in [-0.15, -0.1) is 5.10 Å². The van der Waals surface area contributed by atoms with Gasteiger partial charge >= 0.3 is 0 Å². The summed E-state index contributed by atoms with van der Waals surface area (Å²) in [5.41, 5.74) is 0.668. The van der Waals surface area contributed by atoms with E-state index < -0.39 is 10.8 Å². The summed E-state index contributed by atoms with van der Waals surface area (Å²) in [6.45, 7) is 0.311. The molecule has 0 atom stereocenters. The summed E-state index contributed by atoms with van der Waals surface area (Å²) in [6.07, 6.45) is 1.44. The summed E-state index contributed by atoms with van der Waals surface area (Å²) < 4.78 is 25.5. The van der Waals surface area contributed by atoms with Gasteiger partial charge in [0.05, 0.1) is 16.5 Å². The second-order valence-electron chi connectivity index (χ2n) is 6.77. The Morgan fingerprint density at radius 2 is 2.00 bits per heavy atom. The molecule has 0 aliphatic carbocycles. The summed E-state index contributed by atoms with van der Waals surface area (Å²) in [5.74, 6) is -0.226. The van der Waals surface area contributed by atoms with Gasteiger partial charge in [-0.05, 0) is 35.9 Å². The van der Waals surface area contributed by atoms with Crippen molar-refractivity contribution in [2.24, 2.45) is 0 Å². The quantitative estimate of drug-likeness (QED) is 0.297. The number of carbonyl (C=O) groups excluding carboxylic acids is 1. The highest BCUT2D eigenvalue weighted by Gasteiger charge is 2.15. The lowest BCUT2D eigenvalue weighted by molar-refractivity contribution is -0.384. The first-order valence-corrected chi connectivity index (χ1v) is 9.86. The molecule has 4 rings (SSSR count). The number of carbonyl (C=O) groups is 1. The van der Waals surface area contributed by atoms with E-state index in [1.54, 1.807) is 18.2 Å². The van der Waals surface area contributed by atoms with Crippen LogP contribution in [0.15, 0.2) is 65.3 Å². The molecule has 0 radical (unpaired) electrons. The molecule has 0 spiro atoms. The van der Waals surface area contributed by atoms with E-state index in [1.165, 1.54) is 47.4 Å². The van der Waals surface area contributed by atoms with Crippen molar-refractivity contribution in [2.45, 2.75) is 13.2 Å². The molecule has 33 heavy (non-hydrogen) atoms. The molecule has 0 saturated carbocycles. The molecular weight excluding hydrogens is 457 g/mol. The van der Waals surface area contributed by atoms with Crippen molar-refractivity contribution in [2.75, 3.05) is 5.32 Å². The minimum Gasteiger partial charge on any atom is -0.484 e. The maximum atomic E-state index is 13.0. The third-order valence-electron chi connectivity index (χ3n) is 4.40. The van der Waals surface area contributed by atoms with Gasteiger partial charge in [-0.2, -0.15) is 0 Å². The maximum Gasteiger partial charge on any atom is 0.293 e. The summed E-state index contributed by atoms with van der Waals surface area (Å²) in [7, 11) is 0. The van der Waals surface area contributed by atoms with Crippen LogP contribution in [0.25, 0.3) is 0 Å². The van der Waals surface area contributed by atoms with E-state index in [1.807, 2.05) is 0 Å². The number of benzene rings is 2. The first kappa shape index (κ1) is 22.0. The van der Waals surface area contributed by atoms with E-state index in [0.717, 1.165) is 5.56 Å². The lowest BCUT2D eigenvalue weighted by atomic mass is 10.2. The molecule has 10 nitrogen and oxygen atoms in total. The van der Waals surface area contributed by atoms with Crippen LogP contribution in [0.1, 0.15) is 21.9 Å². The third kappa shape index (κ3) is 5.52. The normalized spacial score (nSPS) is 10.7. The molecule has 0 aliphatic rings. The zero-order valence-electron chi connectivity index (χ0n) is 16.8. The smallest absolute Gasteiger partial charge is 0.293 e. The number of ether oxygens (including phenoxy) is 1. The molecule has 12 heteroatoms. The summed E-state index contributed by atoms with van der Waals surface area (Å²) in [4.78, 5) is 26.6. The fraction of sp³-hybridized carbons (Fsp3) is 0.0952. The number of anilines is 1. The molecule has 4 aromatic rings. The molecule has 168 valence electrons. The van der Waals surface area contributed by atoms with Crippen LogP contribution in [0.3, 0.4) is 0 Å². The second kappa shape index (κ2) is 9.49. The molecule has 0 unspecified atom stereocenters. The maximum absolute atomic E-state index is 13.0. The van der Waals surface area contributed by atoms with Gasteiger partial charge < -0.3 is 9.15 Å². The van der Waals surface area contributed by atoms with E-state index >= 15 is 0 Å². The molecule has 2 aromatic heterocycles. The highest BCUT2D eigenvalue weighted by molar-refractivity contribution is 6.32. The number of nitro groups is 1.